The molecule has 1 saturated heterocycles. The van der Waals surface area contributed by atoms with E-state index in [-0.39, 0.29) is 36.7 Å². The van der Waals surface area contributed by atoms with Crippen molar-refractivity contribution in [1.82, 2.24) is 30.2 Å². The summed E-state index contributed by atoms with van der Waals surface area (Å²) < 4.78 is 11.7. The third-order valence-electron chi connectivity index (χ3n) is 5.83. The van der Waals surface area contributed by atoms with Gasteiger partial charge in [0.05, 0.1) is 31.0 Å². The van der Waals surface area contributed by atoms with E-state index in [9.17, 15) is 4.79 Å². The highest BCUT2D eigenvalue weighted by Crippen LogP contribution is 2.31. The summed E-state index contributed by atoms with van der Waals surface area (Å²) in [5.41, 5.74) is 6.97. The fraction of sp³-hybridized carbons (Fsp3) is 0.524. The van der Waals surface area contributed by atoms with E-state index < -0.39 is 0 Å². The number of hydrogen-bond acceptors (Lipinski definition) is 10. The Morgan fingerprint density at radius 2 is 2.15 bits per heavy atom. The zero-order chi connectivity index (χ0) is 23.4. The predicted octanol–water partition coefficient (Wildman–Crippen LogP) is 0.816. The van der Waals surface area contributed by atoms with Gasteiger partial charge in [0.25, 0.3) is 0 Å². The summed E-state index contributed by atoms with van der Waals surface area (Å²) in [6.45, 7) is 3.92. The Morgan fingerprint density at radius 1 is 1.39 bits per heavy atom. The molecule has 0 aromatic carbocycles. The molecule has 2 amide bonds. The summed E-state index contributed by atoms with van der Waals surface area (Å²) >= 11 is 0. The molecule has 12 heteroatoms. The molecule has 12 nitrogen and oxygen atoms in total. The largest absolute Gasteiger partial charge is 0.474 e. The van der Waals surface area contributed by atoms with Gasteiger partial charge in [-0.05, 0) is 6.92 Å². The van der Waals surface area contributed by atoms with Gasteiger partial charge in [0.2, 0.25) is 17.8 Å². The number of ether oxygens (including phenoxy) is 2. The van der Waals surface area contributed by atoms with E-state index >= 15 is 0 Å². The molecule has 2 fully saturated rings. The molecule has 0 spiro atoms. The van der Waals surface area contributed by atoms with Crippen LogP contribution in [0.5, 0.6) is 5.88 Å². The van der Waals surface area contributed by atoms with E-state index in [0.717, 1.165) is 0 Å². The number of carbonyl (C=O) groups excluding carboxylic acids is 1. The third-order valence-corrected chi connectivity index (χ3v) is 5.83. The summed E-state index contributed by atoms with van der Waals surface area (Å²) in [4.78, 5) is 33.3. The van der Waals surface area contributed by atoms with Crippen LogP contribution in [-0.4, -0.2) is 82.4 Å². The highest BCUT2D eigenvalue weighted by atomic mass is 16.5. The lowest BCUT2D eigenvalue weighted by atomic mass is 9.88. The normalized spacial score (nSPS) is 22.1. The van der Waals surface area contributed by atoms with E-state index in [1.165, 1.54) is 0 Å². The maximum atomic E-state index is 12.0. The van der Waals surface area contributed by atoms with Crippen molar-refractivity contribution in [3.63, 3.8) is 0 Å². The van der Waals surface area contributed by atoms with Crippen LogP contribution in [0.3, 0.4) is 0 Å². The van der Waals surface area contributed by atoms with Crippen LogP contribution in [0.4, 0.5) is 16.7 Å². The monoisotopic (exact) mass is 453 g/mol. The van der Waals surface area contributed by atoms with Gasteiger partial charge in [-0.25, -0.2) is 19.7 Å². The second kappa shape index (κ2) is 9.83. The van der Waals surface area contributed by atoms with Gasteiger partial charge >= 0.3 is 6.03 Å². The van der Waals surface area contributed by atoms with Crippen LogP contribution < -0.4 is 20.7 Å². The van der Waals surface area contributed by atoms with E-state index in [4.69, 9.17) is 25.5 Å². The summed E-state index contributed by atoms with van der Waals surface area (Å²) in [6.07, 6.45) is 4.50. The molecule has 1 saturated carbocycles. The Morgan fingerprint density at radius 3 is 2.85 bits per heavy atom. The number of rotatable bonds is 6. The van der Waals surface area contributed by atoms with Gasteiger partial charge in [-0.3, -0.25) is 0 Å². The quantitative estimate of drug-likeness (QED) is 0.600. The second-order valence-electron chi connectivity index (χ2n) is 8.13. The SMILES string of the molecule is C[C@H]1COCCN1c1nc(OC2CC(N(C)C(=O)NCC#N)C2)cc(-c2cnc(N)nc2)n1. The Bertz CT molecular complexity index is 1020. The minimum atomic E-state index is -0.267. The molecule has 1 atom stereocenters. The highest BCUT2D eigenvalue weighted by molar-refractivity contribution is 5.74. The fourth-order valence-corrected chi connectivity index (χ4v) is 3.77. The number of nitriles is 1. The zero-order valence-electron chi connectivity index (χ0n) is 18.6. The summed E-state index contributed by atoms with van der Waals surface area (Å²) in [6, 6.07) is 3.56. The topological polar surface area (TPSA) is 155 Å². The molecule has 2 aromatic heterocycles. The maximum Gasteiger partial charge on any atom is 0.318 e. The van der Waals surface area contributed by atoms with Gasteiger partial charge in [0.15, 0.2) is 0 Å². The molecule has 2 aliphatic rings. The van der Waals surface area contributed by atoms with E-state index in [2.05, 4.69) is 32.1 Å². The molecule has 33 heavy (non-hydrogen) atoms. The molecular formula is C21H27N9O3. The van der Waals surface area contributed by atoms with Crippen LogP contribution in [-0.2, 0) is 4.74 Å². The van der Waals surface area contributed by atoms with Gasteiger partial charge in [-0.1, -0.05) is 0 Å². The number of nitrogens with zero attached hydrogens (tertiary/aromatic N) is 7. The number of aromatic nitrogens is 4. The van der Waals surface area contributed by atoms with Crippen molar-refractivity contribution in [3.05, 3.63) is 18.5 Å². The van der Waals surface area contributed by atoms with Crippen LogP contribution in [0.2, 0.25) is 0 Å². The molecule has 3 heterocycles. The van der Waals surface area contributed by atoms with Crippen molar-refractivity contribution in [3.8, 4) is 23.2 Å². The first-order chi connectivity index (χ1) is 15.9. The number of nitrogens with two attached hydrogens (primary N) is 1. The number of nitrogens with one attached hydrogen (secondary N) is 1. The summed E-state index contributed by atoms with van der Waals surface area (Å²) in [5.74, 6) is 1.19. The summed E-state index contributed by atoms with van der Waals surface area (Å²) in [7, 11) is 1.72. The molecular weight excluding hydrogens is 426 g/mol. The first-order valence-electron chi connectivity index (χ1n) is 10.8. The fourth-order valence-electron chi connectivity index (χ4n) is 3.77. The van der Waals surface area contributed by atoms with Crippen LogP contribution in [0.25, 0.3) is 11.3 Å². The number of hydrogen-bond donors (Lipinski definition) is 2. The number of carbonyl (C=O) groups is 1. The Labute approximate surface area is 191 Å². The van der Waals surface area contributed by atoms with Crippen LogP contribution >= 0.6 is 0 Å². The predicted molar refractivity (Wildman–Crippen MR) is 119 cm³/mol. The molecule has 0 bridgehead atoms. The van der Waals surface area contributed by atoms with Gasteiger partial charge in [-0.15, -0.1) is 0 Å². The number of amides is 2. The van der Waals surface area contributed by atoms with E-state index in [1.807, 2.05) is 6.07 Å². The van der Waals surface area contributed by atoms with Crippen molar-refractivity contribution in [1.29, 1.82) is 5.26 Å². The van der Waals surface area contributed by atoms with Gasteiger partial charge < -0.3 is 30.3 Å². The van der Waals surface area contributed by atoms with Crippen molar-refractivity contribution < 1.29 is 14.3 Å². The minimum Gasteiger partial charge on any atom is -0.474 e. The smallest absolute Gasteiger partial charge is 0.318 e. The second-order valence-corrected chi connectivity index (χ2v) is 8.13. The lowest BCUT2D eigenvalue weighted by Crippen LogP contribution is -2.52. The molecule has 174 valence electrons. The van der Waals surface area contributed by atoms with Gasteiger partial charge in [0, 0.05) is 56.5 Å². The van der Waals surface area contributed by atoms with Crippen molar-refractivity contribution in [2.45, 2.75) is 38.0 Å². The molecule has 1 aliphatic heterocycles. The number of nitrogen functional groups attached to an aromatic ring is 1. The first-order valence-corrected chi connectivity index (χ1v) is 10.8. The molecule has 1 aliphatic carbocycles. The van der Waals surface area contributed by atoms with Gasteiger partial charge in [-0.2, -0.15) is 10.2 Å². The van der Waals surface area contributed by atoms with Crippen molar-refractivity contribution >= 4 is 17.9 Å². The average Bonchev–Trinajstić information content (AvgIpc) is 2.79. The van der Waals surface area contributed by atoms with Crippen molar-refractivity contribution in [2.75, 3.05) is 44.0 Å². The Kier molecular flexibility index (Phi) is 6.69. The highest BCUT2D eigenvalue weighted by Gasteiger charge is 2.36. The van der Waals surface area contributed by atoms with E-state index in [1.54, 1.807) is 30.4 Å². The zero-order valence-corrected chi connectivity index (χ0v) is 18.6. The third kappa shape index (κ3) is 5.20. The summed E-state index contributed by atoms with van der Waals surface area (Å²) in [5, 5.41) is 11.2. The number of morpholine rings is 1. The molecule has 0 radical (unpaired) electrons. The number of urea groups is 1. The molecule has 2 aromatic rings. The number of anilines is 2. The van der Waals surface area contributed by atoms with Crippen LogP contribution in [0.15, 0.2) is 18.5 Å². The molecule has 0 unspecified atom stereocenters. The van der Waals surface area contributed by atoms with Crippen LogP contribution in [0, 0.1) is 11.3 Å². The van der Waals surface area contributed by atoms with Crippen molar-refractivity contribution in [2.24, 2.45) is 0 Å². The minimum absolute atomic E-state index is 0.0167. The molecule has 4 rings (SSSR count). The Balaban J connectivity index is 1.50. The standard InChI is InChI=1S/C21H27N9O3/c1-13-12-32-6-5-30(13)20-27-17(14-10-25-19(23)26-11-14)9-18(28-20)33-16-7-15(8-16)29(2)21(31)24-4-3-22/h9-11,13,15-16H,4-8,12H2,1-2H3,(H,24,31)(H2,23,25,26)/t13-,15?,16?/m0/s1. The molecule has 3 N–H and O–H groups in total. The maximum absolute atomic E-state index is 12.0. The lowest BCUT2D eigenvalue weighted by molar-refractivity contribution is 0.0407. The Hall–Kier alpha value is -3.72. The average molecular weight is 454 g/mol. The van der Waals surface area contributed by atoms with E-state index in [0.29, 0.717) is 55.7 Å². The van der Waals surface area contributed by atoms with Crippen LogP contribution in [0.1, 0.15) is 19.8 Å². The van der Waals surface area contributed by atoms with Gasteiger partial charge in [0.1, 0.15) is 12.6 Å². The first kappa shape index (κ1) is 22.5. The lowest BCUT2D eigenvalue weighted by Gasteiger charge is -2.40.